The minimum absolute atomic E-state index is 0. The summed E-state index contributed by atoms with van der Waals surface area (Å²) in [6, 6.07) is 0. The Bertz CT molecular complexity index is 68.1. The molecule has 1 aliphatic rings. The van der Waals surface area contributed by atoms with Crippen LogP contribution in [0.3, 0.4) is 0 Å². The third kappa shape index (κ3) is 25.0. The van der Waals surface area contributed by atoms with Gasteiger partial charge in [-0.3, -0.25) is 0 Å². The standard InChI is InChI=1S/C9H18.2C2H6.5CH4/c1-3-9-6-4-8(2)5-7-9;2*1-2;;;;;/h8-9H,3-7H2,1-2H3;2*1-2H3;5*1H4. The fraction of sp³-hybridized carbons (Fsp3) is 1.00. The molecule has 18 heavy (non-hydrogen) atoms. The topological polar surface area (TPSA) is 0 Å². The minimum Gasteiger partial charge on any atom is -0.0776 e. The van der Waals surface area contributed by atoms with E-state index in [2.05, 4.69) is 13.8 Å². The molecule has 0 amide bonds. The average molecular weight is 267 g/mol. The zero-order valence-corrected chi connectivity index (χ0v) is 10.7. The Morgan fingerprint density at radius 2 is 0.944 bits per heavy atom. The highest BCUT2D eigenvalue weighted by Gasteiger charge is 2.15. The molecule has 0 spiro atoms. The molecule has 0 radical (unpaired) electrons. The van der Waals surface area contributed by atoms with Gasteiger partial charge in [-0.1, -0.05) is 111 Å². The Morgan fingerprint density at radius 3 is 1.17 bits per heavy atom. The second kappa shape index (κ2) is 36.0. The molecule has 1 rings (SSSR count). The Morgan fingerprint density at radius 1 is 0.667 bits per heavy atom. The molecular weight excluding hydrogens is 216 g/mol. The zero-order valence-electron chi connectivity index (χ0n) is 10.7. The summed E-state index contributed by atoms with van der Waals surface area (Å²) in [6.45, 7) is 12.7. The van der Waals surface area contributed by atoms with Gasteiger partial charge in [-0.05, 0) is 11.8 Å². The molecule has 0 aromatic rings. The smallest absolute Gasteiger partial charge is 0.0417 e. The molecular formula is C18H50. The predicted molar refractivity (Wildman–Crippen MR) is 97.8 cm³/mol. The van der Waals surface area contributed by atoms with Crippen LogP contribution in [0.2, 0.25) is 0 Å². The molecule has 0 heteroatoms. The van der Waals surface area contributed by atoms with E-state index in [4.69, 9.17) is 0 Å². The van der Waals surface area contributed by atoms with Crippen molar-refractivity contribution in [3.63, 3.8) is 0 Å². The second-order valence-electron chi connectivity index (χ2n) is 3.53. The van der Waals surface area contributed by atoms with Crippen LogP contribution in [0.15, 0.2) is 0 Å². The van der Waals surface area contributed by atoms with Crippen molar-refractivity contribution in [2.75, 3.05) is 0 Å². The molecule has 1 saturated carbocycles. The molecule has 0 bridgehead atoms. The summed E-state index contributed by atoms with van der Waals surface area (Å²) in [6.07, 6.45) is 7.37. The minimum atomic E-state index is 0. The number of hydrogen-bond acceptors (Lipinski definition) is 0. The summed E-state index contributed by atoms with van der Waals surface area (Å²) in [5, 5.41) is 0. The maximum absolute atomic E-state index is 2.38. The summed E-state index contributed by atoms with van der Waals surface area (Å²) in [5.41, 5.74) is 0. The molecule has 0 heterocycles. The van der Waals surface area contributed by atoms with Crippen LogP contribution in [0.1, 0.15) is 111 Å². The second-order valence-corrected chi connectivity index (χ2v) is 3.53. The average Bonchev–Trinajstić information content (AvgIpc) is 2.25. The van der Waals surface area contributed by atoms with Crippen LogP contribution in [-0.2, 0) is 0 Å². The molecule has 0 atom stereocenters. The SMILES string of the molecule is C.C.C.C.C.CC.CC.CCC1CCC(C)CC1. The Balaban J connectivity index is -0.0000000247. The highest BCUT2D eigenvalue weighted by Crippen LogP contribution is 2.29. The van der Waals surface area contributed by atoms with E-state index in [0.29, 0.717) is 0 Å². The maximum atomic E-state index is 2.38. The van der Waals surface area contributed by atoms with E-state index in [0.717, 1.165) is 11.8 Å². The lowest BCUT2D eigenvalue weighted by molar-refractivity contribution is 0.284. The van der Waals surface area contributed by atoms with Crippen molar-refractivity contribution in [2.24, 2.45) is 11.8 Å². The fourth-order valence-corrected chi connectivity index (χ4v) is 1.74. The van der Waals surface area contributed by atoms with Crippen molar-refractivity contribution in [1.29, 1.82) is 0 Å². The number of rotatable bonds is 1. The van der Waals surface area contributed by atoms with E-state index >= 15 is 0 Å². The first-order valence-corrected chi connectivity index (χ1v) is 6.33. The maximum Gasteiger partial charge on any atom is -0.0417 e. The van der Waals surface area contributed by atoms with Gasteiger partial charge in [-0.2, -0.15) is 0 Å². The highest BCUT2D eigenvalue weighted by molar-refractivity contribution is 4.68. The summed E-state index contributed by atoms with van der Waals surface area (Å²) in [5.74, 6) is 2.09. The van der Waals surface area contributed by atoms with Gasteiger partial charge in [0.2, 0.25) is 0 Å². The third-order valence-corrected chi connectivity index (χ3v) is 2.71. The lowest BCUT2D eigenvalue weighted by atomic mass is 9.82. The quantitative estimate of drug-likeness (QED) is 0.446. The van der Waals surface area contributed by atoms with Crippen LogP contribution in [0.4, 0.5) is 0 Å². The van der Waals surface area contributed by atoms with Crippen LogP contribution >= 0.6 is 0 Å². The normalized spacial score (nSPS) is 19.0. The predicted octanol–water partition coefficient (Wildman–Crippen LogP) is 8.46. The molecule has 0 N–H and O–H groups in total. The van der Waals surface area contributed by atoms with Crippen LogP contribution < -0.4 is 0 Å². The molecule has 0 saturated heterocycles. The van der Waals surface area contributed by atoms with E-state index in [-0.39, 0.29) is 37.1 Å². The van der Waals surface area contributed by atoms with Crippen molar-refractivity contribution in [1.82, 2.24) is 0 Å². The number of hydrogen-bond donors (Lipinski definition) is 0. The largest absolute Gasteiger partial charge is 0.0776 e. The van der Waals surface area contributed by atoms with Gasteiger partial charge < -0.3 is 0 Å². The van der Waals surface area contributed by atoms with Crippen LogP contribution in [-0.4, -0.2) is 0 Å². The molecule has 0 aromatic carbocycles. The van der Waals surface area contributed by atoms with Crippen molar-refractivity contribution in [3.8, 4) is 0 Å². The first-order valence-electron chi connectivity index (χ1n) is 6.33. The van der Waals surface area contributed by atoms with Crippen molar-refractivity contribution >= 4 is 0 Å². The first-order chi connectivity index (χ1) is 6.33. The molecule has 0 nitrogen and oxygen atoms in total. The monoisotopic (exact) mass is 266 g/mol. The van der Waals surface area contributed by atoms with Gasteiger partial charge in [0.15, 0.2) is 0 Å². The van der Waals surface area contributed by atoms with Gasteiger partial charge in [0.25, 0.3) is 0 Å². The van der Waals surface area contributed by atoms with Gasteiger partial charge in [0.1, 0.15) is 0 Å². The van der Waals surface area contributed by atoms with Gasteiger partial charge in [0.05, 0.1) is 0 Å². The van der Waals surface area contributed by atoms with Crippen LogP contribution in [0.5, 0.6) is 0 Å². The van der Waals surface area contributed by atoms with Crippen molar-refractivity contribution < 1.29 is 0 Å². The van der Waals surface area contributed by atoms with Gasteiger partial charge in [-0.25, -0.2) is 0 Å². The van der Waals surface area contributed by atoms with Crippen molar-refractivity contribution in [2.45, 2.75) is 111 Å². The fourth-order valence-electron chi connectivity index (χ4n) is 1.74. The molecule has 0 aliphatic heterocycles. The lowest BCUT2D eigenvalue weighted by Gasteiger charge is -2.24. The highest BCUT2D eigenvalue weighted by atomic mass is 14.2. The van der Waals surface area contributed by atoms with Crippen molar-refractivity contribution in [3.05, 3.63) is 0 Å². The summed E-state index contributed by atoms with van der Waals surface area (Å²) in [4.78, 5) is 0. The summed E-state index contributed by atoms with van der Waals surface area (Å²) in [7, 11) is 0. The van der Waals surface area contributed by atoms with E-state index in [1.807, 2.05) is 27.7 Å². The van der Waals surface area contributed by atoms with E-state index in [9.17, 15) is 0 Å². The van der Waals surface area contributed by atoms with Gasteiger partial charge >= 0.3 is 0 Å². The first kappa shape index (κ1) is 43.0. The Labute approximate surface area is 123 Å². The van der Waals surface area contributed by atoms with Gasteiger partial charge in [0, 0.05) is 0 Å². The summed E-state index contributed by atoms with van der Waals surface area (Å²) >= 11 is 0. The lowest BCUT2D eigenvalue weighted by Crippen LogP contribution is -2.10. The molecule has 0 aromatic heterocycles. The van der Waals surface area contributed by atoms with Gasteiger partial charge in [-0.15, -0.1) is 0 Å². The summed E-state index contributed by atoms with van der Waals surface area (Å²) < 4.78 is 0. The van der Waals surface area contributed by atoms with E-state index in [1.54, 1.807) is 0 Å². The molecule has 122 valence electrons. The third-order valence-electron chi connectivity index (χ3n) is 2.71. The zero-order chi connectivity index (χ0) is 10.7. The van der Waals surface area contributed by atoms with Crippen LogP contribution in [0.25, 0.3) is 0 Å². The molecule has 0 unspecified atom stereocenters. The Hall–Kier alpha value is 0. The molecule has 1 fully saturated rings. The Kier molecular flexibility index (Phi) is 85.9. The van der Waals surface area contributed by atoms with E-state index < -0.39 is 0 Å². The van der Waals surface area contributed by atoms with Crippen LogP contribution in [0, 0.1) is 11.8 Å². The van der Waals surface area contributed by atoms with E-state index in [1.165, 1.54) is 32.1 Å². The molecule has 1 aliphatic carbocycles.